The van der Waals surface area contributed by atoms with Gasteiger partial charge in [0.1, 0.15) is 5.75 Å². The smallest absolute Gasteiger partial charge is 0.194 e. The Hall–Kier alpha value is -1.99. The van der Waals surface area contributed by atoms with Crippen LogP contribution in [0, 0.1) is 0 Å². The fourth-order valence-electron chi connectivity index (χ4n) is 3.09. The largest absolute Gasteiger partial charge is 0.497 e. The van der Waals surface area contributed by atoms with Crippen LogP contribution in [0.3, 0.4) is 0 Å². The molecule has 1 aromatic carbocycles. The standard InChI is InChI=1S/C20H35N5O2/c1-5-21-20(22-9-10-23(2)15-16-26-3)25-13-11-24(12-14-25)18-7-6-8-19(17-18)27-4/h6-8,17H,5,9-16H2,1-4H3,(H,21,22). The van der Waals surface area contributed by atoms with E-state index in [0.29, 0.717) is 0 Å². The maximum Gasteiger partial charge on any atom is 0.194 e. The van der Waals surface area contributed by atoms with Gasteiger partial charge in [-0.15, -0.1) is 0 Å². The zero-order valence-electron chi connectivity index (χ0n) is 17.3. The number of methoxy groups -OCH3 is 2. The number of rotatable bonds is 9. The van der Waals surface area contributed by atoms with E-state index in [-0.39, 0.29) is 0 Å². The first-order valence-corrected chi connectivity index (χ1v) is 9.77. The topological polar surface area (TPSA) is 52.6 Å². The third-order valence-corrected chi connectivity index (χ3v) is 4.75. The van der Waals surface area contributed by atoms with E-state index in [2.05, 4.69) is 46.1 Å². The lowest BCUT2D eigenvalue weighted by Gasteiger charge is -2.37. The first-order chi connectivity index (χ1) is 13.2. The Bertz CT molecular complexity index is 573. The van der Waals surface area contributed by atoms with Crippen LogP contribution in [-0.2, 0) is 4.74 Å². The summed E-state index contributed by atoms with van der Waals surface area (Å²) in [4.78, 5) is 11.8. The molecule has 0 atom stereocenters. The first-order valence-electron chi connectivity index (χ1n) is 9.77. The number of aliphatic imine (C=N–C) groups is 1. The predicted molar refractivity (Wildman–Crippen MR) is 112 cm³/mol. The van der Waals surface area contributed by atoms with Gasteiger partial charge >= 0.3 is 0 Å². The summed E-state index contributed by atoms with van der Waals surface area (Å²) < 4.78 is 10.5. The Morgan fingerprint density at radius 2 is 1.96 bits per heavy atom. The Kier molecular flexibility index (Phi) is 9.21. The number of hydrogen-bond acceptors (Lipinski definition) is 5. The molecule has 0 aliphatic carbocycles. The van der Waals surface area contributed by atoms with Crippen LogP contribution in [0.1, 0.15) is 6.92 Å². The molecule has 1 fully saturated rings. The molecule has 1 saturated heterocycles. The monoisotopic (exact) mass is 377 g/mol. The summed E-state index contributed by atoms with van der Waals surface area (Å²) in [6, 6.07) is 8.28. The molecule has 2 rings (SSSR count). The molecule has 27 heavy (non-hydrogen) atoms. The highest BCUT2D eigenvalue weighted by Crippen LogP contribution is 2.22. The van der Waals surface area contributed by atoms with Gasteiger partial charge in [-0.25, -0.2) is 0 Å². The summed E-state index contributed by atoms with van der Waals surface area (Å²) in [5, 5.41) is 3.44. The second kappa shape index (κ2) is 11.7. The molecule has 0 amide bonds. The predicted octanol–water partition coefficient (Wildman–Crippen LogP) is 1.36. The minimum Gasteiger partial charge on any atom is -0.497 e. The summed E-state index contributed by atoms with van der Waals surface area (Å²) in [6.45, 7) is 10.3. The van der Waals surface area contributed by atoms with Gasteiger partial charge in [-0.2, -0.15) is 0 Å². The summed E-state index contributed by atoms with van der Waals surface area (Å²) in [7, 11) is 5.55. The summed E-state index contributed by atoms with van der Waals surface area (Å²) in [6.07, 6.45) is 0. The summed E-state index contributed by atoms with van der Waals surface area (Å²) in [5.74, 6) is 1.92. The van der Waals surface area contributed by atoms with Gasteiger partial charge in [0.15, 0.2) is 5.96 Å². The molecule has 7 heteroatoms. The second-order valence-corrected chi connectivity index (χ2v) is 6.71. The van der Waals surface area contributed by atoms with Crippen LogP contribution in [0.5, 0.6) is 5.75 Å². The van der Waals surface area contributed by atoms with Gasteiger partial charge in [0.25, 0.3) is 0 Å². The van der Waals surface area contributed by atoms with Crippen LogP contribution in [0.2, 0.25) is 0 Å². The van der Waals surface area contributed by atoms with Gasteiger partial charge in [0.05, 0.1) is 20.3 Å². The lowest BCUT2D eigenvalue weighted by atomic mass is 10.2. The Balaban J connectivity index is 1.87. The third-order valence-electron chi connectivity index (χ3n) is 4.75. The minimum atomic E-state index is 0.756. The van der Waals surface area contributed by atoms with Crippen LogP contribution >= 0.6 is 0 Å². The molecule has 0 unspecified atom stereocenters. The quantitative estimate of drug-likeness (QED) is 0.518. The van der Waals surface area contributed by atoms with E-state index in [9.17, 15) is 0 Å². The second-order valence-electron chi connectivity index (χ2n) is 6.71. The van der Waals surface area contributed by atoms with Crippen molar-refractivity contribution in [2.45, 2.75) is 6.92 Å². The molecule has 0 spiro atoms. The number of hydrogen-bond donors (Lipinski definition) is 1. The SMILES string of the molecule is CCNC(=NCCN(C)CCOC)N1CCN(c2cccc(OC)c2)CC1. The Morgan fingerprint density at radius 1 is 1.19 bits per heavy atom. The molecular weight excluding hydrogens is 342 g/mol. The molecule has 0 aromatic heterocycles. The number of benzene rings is 1. The molecule has 1 heterocycles. The van der Waals surface area contributed by atoms with Crippen LogP contribution < -0.4 is 15.0 Å². The number of anilines is 1. The van der Waals surface area contributed by atoms with E-state index in [1.54, 1.807) is 14.2 Å². The number of ether oxygens (including phenoxy) is 2. The van der Waals surface area contributed by atoms with Gasteiger partial charge in [0, 0.05) is 64.7 Å². The fourth-order valence-corrected chi connectivity index (χ4v) is 3.09. The molecule has 0 bridgehead atoms. The van der Waals surface area contributed by atoms with Crippen molar-refractivity contribution in [2.24, 2.45) is 4.99 Å². The molecule has 1 aliphatic heterocycles. The molecule has 1 N–H and O–H groups in total. The highest BCUT2D eigenvalue weighted by molar-refractivity contribution is 5.80. The van der Waals surface area contributed by atoms with E-state index in [0.717, 1.165) is 70.7 Å². The number of likely N-dealkylation sites (N-methyl/N-ethyl adjacent to an activating group) is 1. The first kappa shape index (κ1) is 21.3. The summed E-state index contributed by atoms with van der Waals surface area (Å²) >= 11 is 0. The normalized spacial score (nSPS) is 15.4. The van der Waals surface area contributed by atoms with Crippen molar-refractivity contribution < 1.29 is 9.47 Å². The van der Waals surface area contributed by atoms with Gasteiger partial charge < -0.3 is 29.5 Å². The number of nitrogens with zero attached hydrogens (tertiary/aromatic N) is 4. The minimum absolute atomic E-state index is 0.756. The van der Waals surface area contributed by atoms with E-state index in [4.69, 9.17) is 14.5 Å². The molecule has 1 aromatic rings. The summed E-state index contributed by atoms with van der Waals surface area (Å²) in [5.41, 5.74) is 1.22. The highest BCUT2D eigenvalue weighted by atomic mass is 16.5. The molecule has 0 saturated carbocycles. The zero-order chi connectivity index (χ0) is 19.5. The average molecular weight is 378 g/mol. The Morgan fingerprint density at radius 3 is 2.63 bits per heavy atom. The Labute approximate surface area is 163 Å². The molecular formula is C20H35N5O2. The lowest BCUT2D eigenvalue weighted by Crippen LogP contribution is -2.52. The van der Waals surface area contributed by atoms with Crippen molar-refractivity contribution in [3.05, 3.63) is 24.3 Å². The van der Waals surface area contributed by atoms with Crippen molar-refractivity contribution in [3.63, 3.8) is 0 Å². The number of piperazine rings is 1. The maximum absolute atomic E-state index is 5.35. The van der Waals surface area contributed by atoms with Crippen LogP contribution in [-0.4, -0.2) is 96.0 Å². The maximum atomic E-state index is 5.35. The van der Waals surface area contributed by atoms with Crippen molar-refractivity contribution in [1.29, 1.82) is 0 Å². The molecule has 0 radical (unpaired) electrons. The van der Waals surface area contributed by atoms with Gasteiger partial charge in [-0.1, -0.05) is 6.07 Å². The zero-order valence-corrected chi connectivity index (χ0v) is 17.3. The van der Waals surface area contributed by atoms with Crippen molar-refractivity contribution in [2.75, 3.05) is 85.1 Å². The highest BCUT2D eigenvalue weighted by Gasteiger charge is 2.20. The third kappa shape index (κ3) is 6.92. The number of guanidine groups is 1. The van der Waals surface area contributed by atoms with Crippen LogP contribution in [0.25, 0.3) is 0 Å². The van der Waals surface area contributed by atoms with Crippen LogP contribution in [0.4, 0.5) is 5.69 Å². The van der Waals surface area contributed by atoms with Crippen molar-refractivity contribution >= 4 is 11.6 Å². The van der Waals surface area contributed by atoms with Gasteiger partial charge in [-0.05, 0) is 26.1 Å². The van der Waals surface area contributed by atoms with E-state index >= 15 is 0 Å². The molecule has 1 aliphatic rings. The average Bonchev–Trinajstić information content (AvgIpc) is 2.72. The molecule has 7 nitrogen and oxygen atoms in total. The van der Waals surface area contributed by atoms with Crippen LogP contribution in [0.15, 0.2) is 29.3 Å². The van der Waals surface area contributed by atoms with Gasteiger partial charge in [0.2, 0.25) is 0 Å². The van der Waals surface area contributed by atoms with Gasteiger partial charge in [-0.3, -0.25) is 4.99 Å². The lowest BCUT2D eigenvalue weighted by molar-refractivity contribution is 0.163. The van der Waals surface area contributed by atoms with E-state index < -0.39 is 0 Å². The fraction of sp³-hybridized carbons (Fsp3) is 0.650. The van der Waals surface area contributed by atoms with E-state index in [1.807, 2.05) is 12.1 Å². The van der Waals surface area contributed by atoms with E-state index in [1.165, 1.54) is 5.69 Å². The van der Waals surface area contributed by atoms with Crippen molar-refractivity contribution in [3.8, 4) is 5.75 Å². The van der Waals surface area contributed by atoms with Crippen molar-refractivity contribution in [1.82, 2.24) is 15.1 Å². The number of nitrogens with one attached hydrogen (secondary N) is 1. The molecule has 152 valence electrons.